The molecule has 4 nitrogen and oxygen atoms in total. The molecular weight excluding hydrogens is 226 g/mol. The molecule has 0 radical (unpaired) electrons. The Balaban J connectivity index is 1.65. The first-order valence-corrected chi connectivity index (χ1v) is 6.85. The SMILES string of the molecule is CCCCCCC1Cn2c(nc3cnccc32)O1. The van der Waals surface area contributed by atoms with E-state index in [1.165, 1.54) is 25.7 Å². The molecule has 0 spiro atoms. The van der Waals surface area contributed by atoms with Crippen LogP contribution in [0, 0.1) is 0 Å². The van der Waals surface area contributed by atoms with Crippen LogP contribution in [0.1, 0.15) is 39.0 Å². The number of pyridine rings is 1. The highest BCUT2D eigenvalue weighted by Gasteiger charge is 2.25. The molecule has 0 amide bonds. The van der Waals surface area contributed by atoms with Crippen LogP contribution in [0.25, 0.3) is 11.0 Å². The van der Waals surface area contributed by atoms with E-state index in [2.05, 4.69) is 21.5 Å². The lowest BCUT2D eigenvalue weighted by Crippen LogP contribution is -2.14. The molecule has 2 aromatic heterocycles. The van der Waals surface area contributed by atoms with E-state index in [9.17, 15) is 0 Å². The van der Waals surface area contributed by atoms with Gasteiger partial charge in [-0.1, -0.05) is 26.2 Å². The first-order valence-electron chi connectivity index (χ1n) is 6.85. The van der Waals surface area contributed by atoms with Crippen molar-refractivity contribution in [2.24, 2.45) is 0 Å². The van der Waals surface area contributed by atoms with Gasteiger partial charge in [0.25, 0.3) is 6.01 Å². The van der Waals surface area contributed by atoms with Gasteiger partial charge in [0.1, 0.15) is 11.6 Å². The zero-order valence-corrected chi connectivity index (χ0v) is 10.8. The number of ether oxygens (including phenoxy) is 1. The van der Waals surface area contributed by atoms with Gasteiger partial charge in [-0.2, -0.15) is 4.98 Å². The van der Waals surface area contributed by atoms with Crippen LogP contribution in [0.5, 0.6) is 6.01 Å². The number of nitrogens with zero attached hydrogens (tertiary/aromatic N) is 3. The molecule has 18 heavy (non-hydrogen) atoms. The predicted octanol–water partition coefficient (Wildman–Crippen LogP) is 3.16. The zero-order chi connectivity index (χ0) is 12.4. The zero-order valence-electron chi connectivity index (χ0n) is 10.8. The topological polar surface area (TPSA) is 39.9 Å². The van der Waals surface area contributed by atoms with E-state index in [4.69, 9.17) is 4.74 Å². The molecule has 0 saturated carbocycles. The third kappa shape index (κ3) is 2.07. The number of fused-ring (bicyclic) bond motifs is 3. The Hall–Kier alpha value is -1.58. The Morgan fingerprint density at radius 2 is 2.33 bits per heavy atom. The van der Waals surface area contributed by atoms with Crippen molar-refractivity contribution in [2.45, 2.75) is 51.7 Å². The number of hydrogen-bond acceptors (Lipinski definition) is 3. The van der Waals surface area contributed by atoms with Crippen molar-refractivity contribution in [3.8, 4) is 6.01 Å². The lowest BCUT2D eigenvalue weighted by molar-refractivity contribution is 0.209. The van der Waals surface area contributed by atoms with Crippen LogP contribution in [-0.2, 0) is 6.54 Å². The van der Waals surface area contributed by atoms with E-state index in [-0.39, 0.29) is 0 Å². The van der Waals surface area contributed by atoms with Gasteiger partial charge in [0.2, 0.25) is 0 Å². The second kappa shape index (κ2) is 4.96. The average molecular weight is 245 g/mol. The van der Waals surface area contributed by atoms with Gasteiger partial charge >= 0.3 is 0 Å². The first kappa shape index (κ1) is 11.5. The fraction of sp³-hybridized carbons (Fsp3) is 0.571. The normalized spacial score (nSPS) is 17.9. The largest absolute Gasteiger partial charge is 0.459 e. The van der Waals surface area contributed by atoms with Gasteiger partial charge in [0, 0.05) is 6.20 Å². The number of hydrogen-bond donors (Lipinski definition) is 0. The quantitative estimate of drug-likeness (QED) is 0.760. The molecule has 0 saturated heterocycles. The van der Waals surface area contributed by atoms with Crippen LogP contribution in [0.2, 0.25) is 0 Å². The maximum Gasteiger partial charge on any atom is 0.297 e. The van der Waals surface area contributed by atoms with Crippen molar-refractivity contribution in [3.05, 3.63) is 18.5 Å². The Bertz CT molecular complexity index is 535. The van der Waals surface area contributed by atoms with Gasteiger partial charge < -0.3 is 4.74 Å². The van der Waals surface area contributed by atoms with Gasteiger partial charge in [-0.15, -0.1) is 0 Å². The maximum atomic E-state index is 5.90. The Morgan fingerprint density at radius 1 is 1.39 bits per heavy atom. The van der Waals surface area contributed by atoms with Crippen LogP contribution in [-0.4, -0.2) is 20.6 Å². The standard InChI is InChI=1S/C14H19N3O/c1-2-3-4-5-6-11-10-17-13-7-8-15-9-12(13)16-14(17)18-11/h7-9,11H,2-6,10H2,1H3. The van der Waals surface area contributed by atoms with Crippen LogP contribution in [0.4, 0.5) is 0 Å². The lowest BCUT2D eigenvalue weighted by atomic mass is 10.1. The molecule has 2 aromatic rings. The van der Waals surface area contributed by atoms with Gasteiger partial charge in [-0.05, 0) is 18.9 Å². The molecular formula is C14H19N3O. The Labute approximate surface area is 107 Å². The van der Waals surface area contributed by atoms with Crippen LogP contribution < -0.4 is 4.74 Å². The summed E-state index contributed by atoms with van der Waals surface area (Å²) in [5, 5.41) is 0. The van der Waals surface area contributed by atoms with Crippen molar-refractivity contribution in [3.63, 3.8) is 0 Å². The fourth-order valence-electron chi connectivity index (χ4n) is 2.56. The summed E-state index contributed by atoms with van der Waals surface area (Å²) in [6.45, 7) is 3.17. The third-order valence-electron chi connectivity index (χ3n) is 3.55. The summed E-state index contributed by atoms with van der Waals surface area (Å²) >= 11 is 0. The summed E-state index contributed by atoms with van der Waals surface area (Å²) in [6.07, 6.45) is 10.2. The number of aromatic nitrogens is 3. The van der Waals surface area contributed by atoms with E-state index in [0.717, 1.165) is 30.0 Å². The summed E-state index contributed by atoms with van der Waals surface area (Å²) in [7, 11) is 0. The lowest BCUT2D eigenvalue weighted by Gasteiger charge is -2.08. The smallest absolute Gasteiger partial charge is 0.297 e. The maximum absolute atomic E-state index is 5.90. The predicted molar refractivity (Wildman–Crippen MR) is 70.7 cm³/mol. The molecule has 1 aliphatic heterocycles. The molecule has 3 heterocycles. The van der Waals surface area contributed by atoms with Crippen molar-refractivity contribution in [2.75, 3.05) is 0 Å². The van der Waals surface area contributed by atoms with E-state index in [0.29, 0.717) is 6.10 Å². The van der Waals surface area contributed by atoms with Crippen molar-refractivity contribution in [1.82, 2.24) is 14.5 Å². The minimum absolute atomic E-state index is 0.307. The molecule has 1 atom stereocenters. The Morgan fingerprint density at radius 3 is 3.22 bits per heavy atom. The first-order chi connectivity index (χ1) is 8.88. The number of rotatable bonds is 5. The van der Waals surface area contributed by atoms with E-state index < -0.39 is 0 Å². The van der Waals surface area contributed by atoms with Gasteiger partial charge in [-0.25, -0.2) is 0 Å². The second-order valence-corrected chi connectivity index (χ2v) is 4.96. The molecule has 0 aromatic carbocycles. The summed E-state index contributed by atoms with van der Waals surface area (Å²) in [6, 6.07) is 2.77. The molecule has 0 N–H and O–H groups in total. The summed E-state index contributed by atoms with van der Waals surface area (Å²) in [5.74, 6) is 0. The van der Waals surface area contributed by atoms with Gasteiger partial charge in [-0.3, -0.25) is 9.55 Å². The molecule has 1 aliphatic rings. The van der Waals surface area contributed by atoms with Gasteiger partial charge in [0.15, 0.2) is 0 Å². The molecule has 0 aliphatic carbocycles. The highest BCUT2D eigenvalue weighted by Crippen LogP contribution is 2.28. The van der Waals surface area contributed by atoms with E-state index in [1.54, 1.807) is 6.20 Å². The molecule has 3 rings (SSSR count). The molecule has 96 valence electrons. The number of imidazole rings is 1. The van der Waals surface area contributed by atoms with Crippen LogP contribution >= 0.6 is 0 Å². The van der Waals surface area contributed by atoms with E-state index in [1.807, 2.05) is 12.3 Å². The Kier molecular flexibility index (Phi) is 3.17. The van der Waals surface area contributed by atoms with Gasteiger partial charge in [0.05, 0.1) is 18.3 Å². The minimum atomic E-state index is 0.307. The van der Waals surface area contributed by atoms with Crippen molar-refractivity contribution < 1.29 is 4.74 Å². The van der Waals surface area contributed by atoms with Crippen molar-refractivity contribution in [1.29, 1.82) is 0 Å². The summed E-state index contributed by atoms with van der Waals surface area (Å²) in [5.41, 5.74) is 2.06. The molecule has 1 unspecified atom stereocenters. The molecule has 4 heteroatoms. The average Bonchev–Trinajstić information content (AvgIpc) is 2.91. The number of unbranched alkanes of at least 4 members (excludes halogenated alkanes) is 3. The fourth-order valence-corrected chi connectivity index (χ4v) is 2.56. The van der Waals surface area contributed by atoms with Crippen molar-refractivity contribution >= 4 is 11.0 Å². The van der Waals surface area contributed by atoms with E-state index >= 15 is 0 Å². The second-order valence-electron chi connectivity index (χ2n) is 4.96. The summed E-state index contributed by atoms with van der Waals surface area (Å²) in [4.78, 5) is 8.55. The monoisotopic (exact) mass is 245 g/mol. The van der Waals surface area contributed by atoms with Crippen LogP contribution in [0.15, 0.2) is 18.5 Å². The highest BCUT2D eigenvalue weighted by atomic mass is 16.5. The summed E-state index contributed by atoms with van der Waals surface area (Å²) < 4.78 is 8.06. The third-order valence-corrected chi connectivity index (χ3v) is 3.55. The minimum Gasteiger partial charge on any atom is -0.459 e. The molecule has 0 bridgehead atoms. The molecule has 0 fully saturated rings. The highest BCUT2D eigenvalue weighted by molar-refractivity contribution is 5.75. The van der Waals surface area contributed by atoms with Crippen LogP contribution in [0.3, 0.4) is 0 Å².